The van der Waals surface area contributed by atoms with Gasteiger partial charge in [-0.1, -0.05) is 82.5 Å². The lowest BCUT2D eigenvalue weighted by atomic mass is 9.59. The van der Waals surface area contributed by atoms with Crippen molar-refractivity contribution in [2.24, 2.45) is 0 Å². The van der Waals surface area contributed by atoms with E-state index in [9.17, 15) is 0 Å². The van der Waals surface area contributed by atoms with E-state index in [2.05, 4.69) is 165 Å². The fraction of sp³-hybridized carbons (Fsp3) is 0.0263. The molecule has 0 fully saturated rings. The second kappa shape index (κ2) is 11.2. The van der Waals surface area contributed by atoms with Gasteiger partial charge in [0, 0.05) is 5.69 Å². The number of para-hydroxylation sites is 2. The number of fused-ring (bicyclic) bond motifs is 4. The molecule has 1 aromatic heterocycles. The summed E-state index contributed by atoms with van der Waals surface area (Å²) in [6, 6.07) is 33.4. The van der Waals surface area contributed by atoms with Crippen molar-refractivity contribution in [3.05, 3.63) is 96.8 Å². The largest absolute Gasteiger partial charge is 0.297 e. The van der Waals surface area contributed by atoms with Crippen LogP contribution >= 0.6 is 0 Å². The smallest absolute Gasteiger partial charge is 0.139 e. The highest BCUT2D eigenvalue weighted by molar-refractivity contribution is 6.71. The average molecular weight is 605 g/mol. The number of nitrogens with zero attached hydrogens (tertiary/aromatic N) is 2. The summed E-state index contributed by atoms with van der Waals surface area (Å²) in [4.78, 5) is 4.92. The Bertz CT molecular complexity index is 2600. The van der Waals surface area contributed by atoms with Crippen LogP contribution in [0.15, 0.2) is 91.0 Å². The van der Waals surface area contributed by atoms with Gasteiger partial charge < -0.3 is 0 Å². The number of rotatable bonds is 3. The molecule has 2 nitrogen and oxygen atoms in total. The van der Waals surface area contributed by atoms with Crippen LogP contribution in [0, 0.1) is 6.92 Å². The van der Waals surface area contributed by atoms with Gasteiger partial charge in [0.05, 0.1) is 11.0 Å². The molecular weight excluding hydrogens is 571 g/mol. The third-order valence-corrected chi connectivity index (χ3v) is 11.5. The summed E-state index contributed by atoms with van der Waals surface area (Å²) >= 11 is 0. The Morgan fingerprint density at radius 2 is 0.958 bits per heavy atom. The maximum absolute atomic E-state index is 4.92. The topological polar surface area (TPSA) is 17.8 Å². The Morgan fingerprint density at radius 1 is 0.458 bits per heavy atom. The van der Waals surface area contributed by atoms with Crippen LogP contribution in [0.3, 0.4) is 0 Å². The van der Waals surface area contributed by atoms with Gasteiger partial charge in [-0.3, -0.25) is 4.57 Å². The maximum Gasteiger partial charge on any atom is 0.139 e. The molecule has 0 spiro atoms. The molecule has 7 aromatic carbocycles. The predicted octanol–water partition coefficient (Wildman–Crippen LogP) is -3.81. The number of imidazole rings is 1. The second-order valence-electron chi connectivity index (χ2n) is 13.8. The molecule has 1 heterocycles. The minimum Gasteiger partial charge on any atom is -0.297 e. The second-order valence-corrected chi connectivity index (χ2v) is 13.8. The summed E-state index contributed by atoms with van der Waals surface area (Å²) in [6.07, 6.45) is 0. The van der Waals surface area contributed by atoms with Crippen LogP contribution < -0.4 is 43.7 Å². The van der Waals surface area contributed by atoms with Crippen LogP contribution in [0.2, 0.25) is 0 Å². The van der Waals surface area contributed by atoms with E-state index in [0.29, 0.717) is 0 Å². The summed E-state index contributed by atoms with van der Waals surface area (Å²) < 4.78 is 2.30. The van der Waals surface area contributed by atoms with Crippen LogP contribution in [-0.4, -0.2) is 72.3 Å². The lowest BCUT2D eigenvalue weighted by Gasteiger charge is -2.28. The Hall–Kier alpha value is -4.69. The molecule has 220 valence electrons. The van der Waals surface area contributed by atoms with Crippen molar-refractivity contribution >= 4 is 150 Å². The fourth-order valence-corrected chi connectivity index (χ4v) is 8.32. The van der Waals surface area contributed by atoms with Crippen molar-refractivity contribution in [1.82, 2.24) is 9.55 Å². The van der Waals surface area contributed by atoms with Gasteiger partial charge in [0.2, 0.25) is 0 Å². The molecule has 0 bridgehead atoms. The van der Waals surface area contributed by atoms with Crippen molar-refractivity contribution in [3.63, 3.8) is 0 Å². The zero-order valence-corrected chi connectivity index (χ0v) is 29.6. The highest BCUT2D eigenvalue weighted by Gasteiger charge is 2.25. The minimum absolute atomic E-state index is 0.992. The lowest BCUT2D eigenvalue weighted by Crippen LogP contribution is -2.50. The van der Waals surface area contributed by atoms with Crippen molar-refractivity contribution in [2.45, 2.75) is 6.92 Å². The molecule has 0 saturated carbocycles. The molecular formula is C38H34B8N2. The van der Waals surface area contributed by atoms with Crippen molar-refractivity contribution < 1.29 is 0 Å². The third-order valence-electron chi connectivity index (χ3n) is 11.5. The van der Waals surface area contributed by atoms with E-state index in [1.54, 1.807) is 0 Å². The van der Waals surface area contributed by atoms with E-state index in [-0.39, 0.29) is 0 Å². The van der Waals surface area contributed by atoms with E-state index < -0.39 is 0 Å². The first kappa shape index (κ1) is 30.6. The third kappa shape index (κ3) is 4.34. The summed E-state index contributed by atoms with van der Waals surface area (Å²) in [5.74, 6) is 0.992. The summed E-state index contributed by atoms with van der Waals surface area (Å²) in [6.45, 7) is 2.11. The van der Waals surface area contributed by atoms with Crippen molar-refractivity contribution in [2.75, 3.05) is 0 Å². The first-order valence-corrected chi connectivity index (χ1v) is 17.1. The first-order chi connectivity index (χ1) is 23.1. The predicted molar refractivity (Wildman–Crippen MR) is 235 cm³/mol. The van der Waals surface area contributed by atoms with Crippen LogP contribution in [0.1, 0.15) is 5.82 Å². The van der Waals surface area contributed by atoms with E-state index in [4.69, 9.17) is 4.98 Å². The quantitative estimate of drug-likeness (QED) is 0.150. The van der Waals surface area contributed by atoms with Crippen LogP contribution in [0.5, 0.6) is 0 Å². The van der Waals surface area contributed by atoms with Crippen LogP contribution in [0.25, 0.3) is 71.3 Å². The highest BCUT2D eigenvalue weighted by Crippen LogP contribution is 2.41. The molecule has 0 saturated heterocycles. The van der Waals surface area contributed by atoms with E-state index >= 15 is 0 Å². The monoisotopic (exact) mass is 606 g/mol. The van der Waals surface area contributed by atoms with Crippen LogP contribution in [0.4, 0.5) is 0 Å². The number of aryl methyl sites for hydroxylation is 1. The Kier molecular flexibility index (Phi) is 7.14. The van der Waals surface area contributed by atoms with Gasteiger partial charge >= 0.3 is 0 Å². The van der Waals surface area contributed by atoms with E-state index in [1.807, 2.05) is 0 Å². The molecule has 0 unspecified atom stereocenters. The van der Waals surface area contributed by atoms with Crippen molar-refractivity contribution in [1.29, 1.82) is 0 Å². The van der Waals surface area contributed by atoms with Gasteiger partial charge in [0.25, 0.3) is 0 Å². The molecule has 0 aliphatic heterocycles. The van der Waals surface area contributed by atoms with Crippen molar-refractivity contribution in [3.8, 4) is 27.9 Å². The van der Waals surface area contributed by atoms with Gasteiger partial charge in [0.1, 0.15) is 68.6 Å². The zero-order valence-electron chi connectivity index (χ0n) is 29.6. The summed E-state index contributed by atoms with van der Waals surface area (Å²) in [5.41, 5.74) is 19.4. The Morgan fingerprint density at radius 3 is 1.54 bits per heavy atom. The summed E-state index contributed by atoms with van der Waals surface area (Å²) in [7, 11) is 18.6. The number of hydrogen-bond donors (Lipinski definition) is 0. The highest BCUT2D eigenvalue weighted by atomic mass is 15.1. The Balaban J connectivity index is 1.60. The molecule has 10 heteroatoms. The number of benzene rings is 7. The fourth-order valence-electron chi connectivity index (χ4n) is 8.32. The van der Waals surface area contributed by atoms with Gasteiger partial charge in [-0.05, 0) is 91.8 Å². The standard InChI is InChI=1S/C38H34B8N2/c1-17-47-23-11-4-5-12-24(23)48(17)22-10-6-9-20(16-22)25-27-29(33(41)37(45)35(43)31(27)39)26(21-14-13-18-7-2-3-8-19(18)15-21)30-28(25)32(40)36(44)38(46)34(30)42/h2-16H,39-46H2,1H3. The number of aromatic nitrogens is 2. The lowest BCUT2D eigenvalue weighted by molar-refractivity contribution is 1.00. The number of hydrogen-bond acceptors (Lipinski definition) is 1. The summed E-state index contributed by atoms with van der Waals surface area (Å²) in [5, 5.41) is 8.00. The van der Waals surface area contributed by atoms with Gasteiger partial charge in [-0.25, -0.2) is 4.98 Å². The van der Waals surface area contributed by atoms with Gasteiger partial charge in [-0.2, -0.15) is 0 Å². The SMILES string of the molecule is Bc1c(B)c(B)c2c(-c3ccc4ccccc4c3)c3c(B)c(B)c(B)c(B)c3c(-c3cccc(-n4c(C)nc5ccccc54)c3)c2c1B. The van der Waals surface area contributed by atoms with Crippen LogP contribution in [-0.2, 0) is 0 Å². The van der Waals surface area contributed by atoms with E-state index in [1.165, 1.54) is 98.3 Å². The maximum atomic E-state index is 4.92. The molecule has 8 rings (SSSR count). The molecule has 48 heavy (non-hydrogen) atoms. The van der Waals surface area contributed by atoms with Gasteiger partial charge in [0.15, 0.2) is 0 Å². The molecule has 0 aliphatic carbocycles. The first-order valence-electron chi connectivity index (χ1n) is 17.1. The molecule has 0 aliphatic rings. The molecule has 0 radical (unpaired) electrons. The molecule has 0 N–H and O–H groups in total. The van der Waals surface area contributed by atoms with Gasteiger partial charge in [-0.15, -0.1) is 21.9 Å². The molecule has 0 atom stereocenters. The molecule has 8 aromatic rings. The normalized spacial score (nSPS) is 11.7. The zero-order chi connectivity index (χ0) is 33.6. The van der Waals surface area contributed by atoms with E-state index in [0.717, 1.165) is 22.5 Å². The Labute approximate surface area is 290 Å². The average Bonchev–Trinajstić information content (AvgIpc) is 3.45. The minimum atomic E-state index is 0.992. The molecule has 0 amide bonds.